The standard InChI is InChI=1S/C22H28N2O4S/c1-17-9-6-7-13-21(17)28-16-18(2)23-22(25)19-10-8-14-24(15-19)29(26,27)20-11-4-3-5-12-20/h3-7,9,11-13,18-19H,8,10,14-16H2,1-2H3,(H,23,25)/t18-,19-/m0/s1. The Morgan fingerprint density at radius 1 is 1.17 bits per heavy atom. The molecule has 1 aliphatic heterocycles. The van der Waals surface area contributed by atoms with E-state index in [0.29, 0.717) is 26.0 Å². The van der Waals surface area contributed by atoms with Crippen molar-refractivity contribution in [3.05, 3.63) is 60.2 Å². The molecule has 1 aliphatic rings. The first-order valence-corrected chi connectivity index (χ1v) is 11.4. The van der Waals surface area contributed by atoms with Gasteiger partial charge < -0.3 is 10.1 Å². The number of carbonyl (C=O) groups is 1. The lowest BCUT2D eigenvalue weighted by Gasteiger charge is -2.31. The van der Waals surface area contributed by atoms with Crippen molar-refractivity contribution >= 4 is 15.9 Å². The zero-order chi connectivity index (χ0) is 20.9. The van der Waals surface area contributed by atoms with E-state index in [1.165, 1.54) is 4.31 Å². The Morgan fingerprint density at radius 2 is 1.86 bits per heavy atom. The van der Waals surface area contributed by atoms with Crippen molar-refractivity contribution in [2.75, 3.05) is 19.7 Å². The normalized spacial score (nSPS) is 18.8. The van der Waals surface area contributed by atoms with E-state index in [1.54, 1.807) is 30.3 Å². The monoisotopic (exact) mass is 416 g/mol. The van der Waals surface area contributed by atoms with Gasteiger partial charge in [-0.3, -0.25) is 4.79 Å². The summed E-state index contributed by atoms with van der Waals surface area (Å²) in [4.78, 5) is 13.0. The Kier molecular flexibility index (Phi) is 6.92. The van der Waals surface area contributed by atoms with E-state index in [1.807, 2.05) is 38.1 Å². The molecule has 0 aromatic heterocycles. The highest BCUT2D eigenvalue weighted by Gasteiger charge is 2.33. The molecule has 1 N–H and O–H groups in total. The van der Waals surface area contributed by atoms with Crippen LogP contribution in [0, 0.1) is 12.8 Å². The number of piperidine rings is 1. The van der Waals surface area contributed by atoms with Gasteiger partial charge in [-0.05, 0) is 50.5 Å². The van der Waals surface area contributed by atoms with Crippen LogP contribution in [0.2, 0.25) is 0 Å². The fraction of sp³-hybridized carbons (Fsp3) is 0.409. The predicted octanol–water partition coefficient (Wildman–Crippen LogP) is 2.98. The van der Waals surface area contributed by atoms with Gasteiger partial charge in [-0.15, -0.1) is 0 Å². The second-order valence-electron chi connectivity index (χ2n) is 7.50. The van der Waals surface area contributed by atoms with Gasteiger partial charge in [0.15, 0.2) is 0 Å². The van der Waals surface area contributed by atoms with E-state index in [0.717, 1.165) is 11.3 Å². The Labute approximate surface area is 172 Å². The summed E-state index contributed by atoms with van der Waals surface area (Å²) in [7, 11) is -3.58. The fourth-order valence-corrected chi connectivity index (χ4v) is 5.00. The van der Waals surface area contributed by atoms with Crippen LogP contribution in [-0.4, -0.2) is 44.4 Å². The van der Waals surface area contributed by atoms with E-state index in [-0.39, 0.29) is 29.3 Å². The Balaban J connectivity index is 1.56. The molecule has 2 aromatic rings. The van der Waals surface area contributed by atoms with E-state index in [4.69, 9.17) is 4.74 Å². The summed E-state index contributed by atoms with van der Waals surface area (Å²) < 4.78 is 32.9. The Hall–Kier alpha value is -2.38. The average Bonchev–Trinajstić information content (AvgIpc) is 2.74. The minimum atomic E-state index is -3.58. The molecule has 1 amide bonds. The number of sulfonamides is 1. The molecule has 3 rings (SSSR count). The molecular weight excluding hydrogens is 388 g/mol. The third-order valence-electron chi connectivity index (χ3n) is 5.11. The van der Waals surface area contributed by atoms with Crippen molar-refractivity contribution in [2.24, 2.45) is 5.92 Å². The number of benzene rings is 2. The lowest BCUT2D eigenvalue weighted by molar-refractivity contribution is -0.126. The summed E-state index contributed by atoms with van der Waals surface area (Å²) >= 11 is 0. The number of ether oxygens (including phenoxy) is 1. The molecule has 7 heteroatoms. The Morgan fingerprint density at radius 3 is 2.59 bits per heavy atom. The average molecular weight is 417 g/mol. The number of hydrogen-bond acceptors (Lipinski definition) is 4. The van der Waals surface area contributed by atoms with Crippen molar-refractivity contribution in [3.8, 4) is 5.75 Å². The molecule has 0 aliphatic carbocycles. The lowest BCUT2D eigenvalue weighted by atomic mass is 9.98. The largest absolute Gasteiger partial charge is 0.491 e. The van der Waals surface area contributed by atoms with Gasteiger partial charge in [0.2, 0.25) is 15.9 Å². The molecule has 0 bridgehead atoms. The number of nitrogens with zero attached hydrogens (tertiary/aromatic N) is 1. The molecule has 0 saturated carbocycles. The summed E-state index contributed by atoms with van der Waals surface area (Å²) in [6.45, 7) is 4.86. The Bertz CT molecular complexity index is 931. The van der Waals surface area contributed by atoms with Gasteiger partial charge in [-0.25, -0.2) is 8.42 Å². The topological polar surface area (TPSA) is 75.7 Å². The highest BCUT2D eigenvalue weighted by atomic mass is 32.2. The van der Waals surface area contributed by atoms with Gasteiger partial charge in [0.05, 0.1) is 16.9 Å². The van der Waals surface area contributed by atoms with Gasteiger partial charge >= 0.3 is 0 Å². The van der Waals surface area contributed by atoms with Crippen LogP contribution in [-0.2, 0) is 14.8 Å². The van der Waals surface area contributed by atoms with Crippen molar-refractivity contribution in [1.29, 1.82) is 0 Å². The van der Waals surface area contributed by atoms with Crippen LogP contribution in [0.4, 0.5) is 0 Å². The molecular formula is C22H28N2O4S. The smallest absolute Gasteiger partial charge is 0.243 e. The predicted molar refractivity (Wildman–Crippen MR) is 112 cm³/mol. The van der Waals surface area contributed by atoms with Crippen molar-refractivity contribution in [2.45, 2.75) is 37.6 Å². The minimum Gasteiger partial charge on any atom is -0.491 e. The number of hydrogen-bond donors (Lipinski definition) is 1. The highest BCUT2D eigenvalue weighted by Crippen LogP contribution is 2.24. The summed E-state index contributed by atoms with van der Waals surface area (Å²) in [5, 5.41) is 2.97. The molecule has 0 unspecified atom stereocenters. The van der Waals surface area contributed by atoms with E-state index in [9.17, 15) is 13.2 Å². The van der Waals surface area contributed by atoms with Gasteiger partial charge in [-0.1, -0.05) is 36.4 Å². The van der Waals surface area contributed by atoms with Crippen LogP contribution in [0.3, 0.4) is 0 Å². The zero-order valence-electron chi connectivity index (χ0n) is 16.9. The maximum Gasteiger partial charge on any atom is 0.243 e. The van der Waals surface area contributed by atoms with Crippen LogP contribution < -0.4 is 10.1 Å². The zero-order valence-corrected chi connectivity index (χ0v) is 17.7. The number of carbonyl (C=O) groups excluding carboxylic acids is 1. The van der Waals surface area contributed by atoms with Crippen LogP contribution in [0.15, 0.2) is 59.5 Å². The van der Waals surface area contributed by atoms with E-state index in [2.05, 4.69) is 5.32 Å². The maximum absolute atomic E-state index is 12.8. The molecule has 1 fully saturated rings. The quantitative estimate of drug-likeness (QED) is 0.753. The molecule has 2 atom stereocenters. The summed E-state index contributed by atoms with van der Waals surface area (Å²) in [5.41, 5.74) is 1.04. The molecule has 0 spiro atoms. The summed E-state index contributed by atoms with van der Waals surface area (Å²) in [5.74, 6) is 0.313. The van der Waals surface area contributed by atoms with Gasteiger partial charge in [-0.2, -0.15) is 4.31 Å². The second-order valence-corrected chi connectivity index (χ2v) is 9.44. The van der Waals surface area contributed by atoms with Crippen molar-refractivity contribution in [3.63, 3.8) is 0 Å². The SMILES string of the molecule is Cc1ccccc1OC[C@H](C)NC(=O)[C@H]1CCCN(S(=O)(=O)c2ccccc2)C1. The number of amides is 1. The first-order chi connectivity index (χ1) is 13.9. The van der Waals surface area contributed by atoms with Crippen molar-refractivity contribution < 1.29 is 17.9 Å². The molecule has 156 valence electrons. The van der Waals surface area contributed by atoms with Crippen LogP contribution >= 0.6 is 0 Å². The van der Waals surface area contributed by atoms with E-state index < -0.39 is 10.0 Å². The molecule has 1 saturated heterocycles. The number of nitrogens with one attached hydrogen (secondary N) is 1. The first kappa shape index (κ1) is 21.3. The highest BCUT2D eigenvalue weighted by molar-refractivity contribution is 7.89. The maximum atomic E-state index is 12.8. The molecule has 29 heavy (non-hydrogen) atoms. The fourth-order valence-electron chi connectivity index (χ4n) is 3.45. The third-order valence-corrected chi connectivity index (χ3v) is 6.99. The van der Waals surface area contributed by atoms with E-state index >= 15 is 0 Å². The third kappa shape index (κ3) is 5.36. The number of rotatable bonds is 7. The van der Waals surface area contributed by atoms with Gasteiger partial charge in [0, 0.05) is 13.1 Å². The summed E-state index contributed by atoms with van der Waals surface area (Å²) in [6.07, 6.45) is 1.34. The molecule has 0 radical (unpaired) electrons. The first-order valence-electron chi connectivity index (χ1n) is 9.92. The second kappa shape index (κ2) is 9.41. The van der Waals surface area contributed by atoms with Crippen LogP contribution in [0.1, 0.15) is 25.3 Å². The number of para-hydroxylation sites is 1. The molecule has 2 aromatic carbocycles. The van der Waals surface area contributed by atoms with Crippen LogP contribution in [0.5, 0.6) is 5.75 Å². The van der Waals surface area contributed by atoms with Crippen LogP contribution in [0.25, 0.3) is 0 Å². The minimum absolute atomic E-state index is 0.126. The molecule has 1 heterocycles. The summed E-state index contributed by atoms with van der Waals surface area (Å²) in [6, 6.07) is 15.9. The van der Waals surface area contributed by atoms with Gasteiger partial charge in [0.1, 0.15) is 12.4 Å². The molecule has 6 nitrogen and oxygen atoms in total. The number of aryl methyl sites for hydroxylation is 1. The van der Waals surface area contributed by atoms with Crippen molar-refractivity contribution in [1.82, 2.24) is 9.62 Å². The van der Waals surface area contributed by atoms with Gasteiger partial charge in [0.25, 0.3) is 0 Å². The lowest BCUT2D eigenvalue weighted by Crippen LogP contribution is -2.48.